The Hall–Kier alpha value is -5.03. The maximum absolute atomic E-state index is 6.61. The molecule has 0 aliphatic rings. The van der Waals surface area contributed by atoms with Crippen LogP contribution in [0, 0.1) is 0 Å². The number of nitrogens with two attached hydrogens (primary N) is 1. The normalized spacial score (nSPS) is 11.1. The molecule has 2 N–H and O–H groups in total. The Morgan fingerprint density at radius 3 is 1.68 bits per heavy atom. The molecule has 5 aromatic carbocycles. The lowest BCUT2D eigenvalue weighted by Gasteiger charge is -2.24. The molecule has 0 fully saturated rings. The molecular weight excluding hydrogens is 470 g/mol. The number of guanidine groups is 1. The summed E-state index contributed by atoms with van der Waals surface area (Å²) in [6.07, 6.45) is 0. The first-order valence-corrected chi connectivity index (χ1v) is 12.5. The van der Waals surface area contributed by atoms with Crippen molar-refractivity contribution in [1.29, 1.82) is 0 Å². The number of anilines is 2. The Bertz CT molecular complexity index is 1460. The van der Waals surface area contributed by atoms with Crippen molar-refractivity contribution >= 4 is 23.0 Å². The molecule has 0 atom stereocenters. The van der Waals surface area contributed by atoms with Crippen LogP contribution in [0.5, 0.6) is 11.5 Å². The Labute approximate surface area is 223 Å². The first-order valence-electron chi connectivity index (χ1n) is 12.5. The Balaban J connectivity index is 1.35. The average molecular weight is 500 g/mol. The predicted octanol–water partition coefficient (Wildman–Crippen LogP) is 7.63. The van der Waals surface area contributed by atoms with E-state index >= 15 is 0 Å². The van der Waals surface area contributed by atoms with Crippen LogP contribution < -0.4 is 20.1 Å². The molecule has 0 amide bonds. The van der Waals surface area contributed by atoms with Crippen molar-refractivity contribution in [2.45, 2.75) is 13.2 Å². The van der Waals surface area contributed by atoms with Gasteiger partial charge >= 0.3 is 0 Å². The quantitative estimate of drug-likeness (QED) is 0.167. The van der Waals surface area contributed by atoms with Crippen LogP contribution in [0.3, 0.4) is 0 Å². The summed E-state index contributed by atoms with van der Waals surface area (Å²) in [6.45, 7) is 0.993. The summed E-state index contributed by atoms with van der Waals surface area (Å²) in [4.78, 5) is 6.65. The molecule has 0 bridgehead atoms. The van der Waals surface area contributed by atoms with Gasteiger partial charge in [0.15, 0.2) is 0 Å². The van der Waals surface area contributed by atoms with Crippen LogP contribution in [0.15, 0.2) is 145 Å². The summed E-state index contributed by atoms with van der Waals surface area (Å²) in [5.74, 6) is 1.85. The minimum atomic E-state index is 0.342. The summed E-state index contributed by atoms with van der Waals surface area (Å²) >= 11 is 0. The maximum Gasteiger partial charge on any atom is 0.205 e. The minimum Gasteiger partial charge on any atom is -0.489 e. The molecule has 5 nitrogen and oxygen atoms in total. The van der Waals surface area contributed by atoms with Crippen molar-refractivity contribution in [2.24, 2.45) is 10.7 Å². The van der Waals surface area contributed by atoms with Gasteiger partial charge in [0, 0.05) is 17.4 Å². The third-order valence-electron chi connectivity index (χ3n) is 5.90. The number of hydrogen-bond acceptors (Lipinski definition) is 3. The van der Waals surface area contributed by atoms with Crippen LogP contribution >= 0.6 is 0 Å². The van der Waals surface area contributed by atoms with Crippen LogP contribution in [0.4, 0.5) is 17.1 Å². The van der Waals surface area contributed by atoms with Crippen molar-refractivity contribution < 1.29 is 9.47 Å². The molecule has 0 saturated carbocycles. The van der Waals surface area contributed by atoms with Gasteiger partial charge in [-0.15, -0.1) is 0 Å². The second-order valence-electron chi connectivity index (χ2n) is 8.68. The fourth-order valence-electron chi connectivity index (χ4n) is 3.99. The van der Waals surface area contributed by atoms with Crippen molar-refractivity contribution in [3.05, 3.63) is 151 Å². The number of ether oxygens (including phenoxy) is 2. The number of benzene rings is 5. The molecule has 5 aromatic rings. The van der Waals surface area contributed by atoms with Crippen molar-refractivity contribution in [2.75, 3.05) is 4.90 Å². The van der Waals surface area contributed by atoms with Crippen LogP contribution in [-0.4, -0.2) is 5.96 Å². The zero-order chi connectivity index (χ0) is 26.0. The van der Waals surface area contributed by atoms with E-state index in [1.165, 1.54) is 0 Å². The zero-order valence-electron chi connectivity index (χ0n) is 21.0. The van der Waals surface area contributed by atoms with Crippen LogP contribution in [-0.2, 0) is 13.2 Å². The number of hydrogen-bond donors (Lipinski definition) is 1. The van der Waals surface area contributed by atoms with E-state index in [4.69, 9.17) is 20.2 Å². The highest BCUT2D eigenvalue weighted by molar-refractivity contribution is 6.02. The lowest BCUT2D eigenvalue weighted by Crippen LogP contribution is -2.33. The lowest BCUT2D eigenvalue weighted by molar-refractivity contribution is 0.306. The summed E-state index contributed by atoms with van der Waals surface area (Å²) in [6, 6.07) is 45.6. The van der Waals surface area contributed by atoms with Gasteiger partial charge in [-0.2, -0.15) is 0 Å². The van der Waals surface area contributed by atoms with Crippen LogP contribution in [0.2, 0.25) is 0 Å². The van der Waals surface area contributed by atoms with Gasteiger partial charge in [-0.05, 0) is 59.7 Å². The van der Waals surface area contributed by atoms with E-state index in [1.807, 2.05) is 144 Å². The van der Waals surface area contributed by atoms with Gasteiger partial charge in [-0.3, -0.25) is 4.90 Å². The first kappa shape index (κ1) is 24.7. The smallest absolute Gasteiger partial charge is 0.205 e. The first-order chi connectivity index (χ1) is 18.7. The van der Waals surface area contributed by atoms with Gasteiger partial charge in [-0.25, -0.2) is 4.99 Å². The Morgan fingerprint density at radius 1 is 0.553 bits per heavy atom. The molecule has 38 heavy (non-hydrogen) atoms. The topological polar surface area (TPSA) is 60.1 Å². The number of para-hydroxylation sites is 1. The highest BCUT2D eigenvalue weighted by Crippen LogP contribution is 2.29. The van der Waals surface area contributed by atoms with Crippen molar-refractivity contribution in [1.82, 2.24) is 0 Å². The Morgan fingerprint density at radius 2 is 1.08 bits per heavy atom. The summed E-state index contributed by atoms with van der Waals surface area (Å²) in [7, 11) is 0. The van der Waals surface area contributed by atoms with E-state index in [2.05, 4.69) is 0 Å². The zero-order valence-corrected chi connectivity index (χ0v) is 21.0. The molecule has 0 heterocycles. The molecule has 5 rings (SSSR count). The summed E-state index contributed by atoms with van der Waals surface area (Å²) in [5.41, 5.74) is 11.3. The van der Waals surface area contributed by atoms with Gasteiger partial charge in [0.1, 0.15) is 24.7 Å². The second-order valence-corrected chi connectivity index (χ2v) is 8.68. The van der Waals surface area contributed by atoms with E-state index in [-0.39, 0.29) is 0 Å². The lowest BCUT2D eigenvalue weighted by atomic mass is 10.2. The monoisotopic (exact) mass is 499 g/mol. The van der Waals surface area contributed by atoms with E-state index < -0.39 is 0 Å². The standard InChI is InChI=1S/C33H29N3O2/c34-33(35-28-15-10-18-32(23-28)38-25-27-13-6-2-7-14-27)36(29-16-8-3-9-17-29)30-19-21-31(22-20-30)37-24-26-11-4-1-5-12-26/h1-23H,24-25H2,(H2,34,35). The van der Waals surface area contributed by atoms with Gasteiger partial charge in [0.2, 0.25) is 5.96 Å². The number of nitrogens with zero attached hydrogens (tertiary/aromatic N) is 2. The summed E-state index contributed by atoms with van der Waals surface area (Å²) < 4.78 is 11.9. The van der Waals surface area contributed by atoms with Gasteiger partial charge in [0.05, 0.1) is 5.69 Å². The molecular formula is C33H29N3O2. The van der Waals surface area contributed by atoms with Crippen LogP contribution in [0.1, 0.15) is 11.1 Å². The van der Waals surface area contributed by atoms with Gasteiger partial charge in [0.25, 0.3) is 0 Å². The second kappa shape index (κ2) is 12.3. The van der Waals surface area contributed by atoms with Crippen molar-refractivity contribution in [3.63, 3.8) is 0 Å². The fourth-order valence-corrected chi connectivity index (χ4v) is 3.99. The molecule has 0 aromatic heterocycles. The average Bonchev–Trinajstić information content (AvgIpc) is 2.98. The third-order valence-corrected chi connectivity index (χ3v) is 5.90. The molecule has 188 valence electrons. The Kier molecular flexibility index (Phi) is 7.97. The predicted molar refractivity (Wildman–Crippen MR) is 154 cm³/mol. The molecule has 0 aliphatic carbocycles. The van der Waals surface area contributed by atoms with Gasteiger partial charge in [-0.1, -0.05) is 84.9 Å². The molecule has 5 heteroatoms. The fraction of sp³-hybridized carbons (Fsp3) is 0.0606. The third kappa shape index (κ3) is 6.59. The molecule has 0 unspecified atom stereocenters. The van der Waals surface area contributed by atoms with Gasteiger partial charge < -0.3 is 15.2 Å². The van der Waals surface area contributed by atoms with Crippen molar-refractivity contribution in [3.8, 4) is 11.5 Å². The highest BCUT2D eigenvalue weighted by Gasteiger charge is 2.14. The largest absolute Gasteiger partial charge is 0.489 e. The molecule has 0 saturated heterocycles. The minimum absolute atomic E-state index is 0.342. The highest BCUT2D eigenvalue weighted by atomic mass is 16.5. The molecule has 0 spiro atoms. The number of rotatable bonds is 9. The van der Waals surface area contributed by atoms with E-state index in [0.29, 0.717) is 24.9 Å². The SMILES string of the molecule is NC(=Nc1cccc(OCc2ccccc2)c1)N(c1ccccc1)c1ccc(OCc2ccccc2)cc1. The maximum atomic E-state index is 6.61. The van der Waals surface area contributed by atoms with Crippen LogP contribution in [0.25, 0.3) is 0 Å². The van der Waals surface area contributed by atoms with E-state index in [9.17, 15) is 0 Å². The van der Waals surface area contributed by atoms with E-state index in [0.717, 1.165) is 34.0 Å². The molecule has 0 radical (unpaired) electrons. The summed E-state index contributed by atoms with van der Waals surface area (Å²) in [5, 5.41) is 0. The molecule has 0 aliphatic heterocycles. The number of aliphatic imine (C=N–C) groups is 1. The van der Waals surface area contributed by atoms with E-state index in [1.54, 1.807) is 0 Å².